The molecule has 1 atom stereocenters. The van der Waals surface area contributed by atoms with Crippen molar-refractivity contribution >= 4 is 5.97 Å². The molecule has 100 valence electrons. The Kier molecular flexibility index (Phi) is 5.65. The molecule has 0 bridgehead atoms. The molecule has 1 unspecified atom stereocenters. The van der Waals surface area contributed by atoms with E-state index in [0.717, 1.165) is 17.9 Å². The molecule has 0 N–H and O–H groups in total. The lowest BCUT2D eigenvalue weighted by atomic mass is 10.1. The number of hydrogen-bond acceptors (Lipinski definition) is 4. The lowest BCUT2D eigenvalue weighted by Gasteiger charge is -2.20. The van der Waals surface area contributed by atoms with Crippen molar-refractivity contribution in [2.24, 2.45) is 5.92 Å². The Hall–Kier alpha value is -1.55. The van der Waals surface area contributed by atoms with Gasteiger partial charge >= 0.3 is 5.97 Å². The van der Waals surface area contributed by atoms with Gasteiger partial charge in [0, 0.05) is 13.1 Å². The van der Waals surface area contributed by atoms with E-state index in [-0.39, 0.29) is 11.9 Å². The first-order chi connectivity index (χ1) is 8.56. The van der Waals surface area contributed by atoms with Gasteiger partial charge < -0.3 is 14.4 Å². The van der Waals surface area contributed by atoms with Crippen LogP contribution >= 0.6 is 0 Å². The van der Waals surface area contributed by atoms with Gasteiger partial charge in [-0.1, -0.05) is 19.1 Å². The minimum atomic E-state index is -0.174. The van der Waals surface area contributed by atoms with Crippen molar-refractivity contribution in [3.05, 3.63) is 29.8 Å². The minimum Gasteiger partial charge on any atom is -0.497 e. The van der Waals surface area contributed by atoms with Crippen LogP contribution < -0.4 is 4.74 Å². The van der Waals surface area contributed by atoms with Crippen LogP contribution in [0.4, 0.5) is 0 Å². The Morgan fingerprint density at radius 3 is 2.72 bits per heavy atom. The molecule has 18 heavy (non-hydrogen) atoms. The summed E-state index contributed by atoms with van der Waals surface area (Å²) < 4.78 is 9.89. The van der Waals surface area contributed by atoms with Gasteiger partial charge in [0.15, 0.2) is 0 Å². The van der Waals surface area contributed by atoms with Crippen LogP contribution in [-0.4, -0.2) is 38.7 Å². The van der Waals surface area contributed by atoms with Gasteiger partial charge in [-0.15, -0.1) is 0 Å². The van der Waals surface area contributed by atoms with Gasteiger partial charge in [0.25, 0.3) is 0 Å². The van der Waals surface area contributed by atoms with Crippen LogP contribution in [0.15, 0.2) is 24.3 Å². The lowest BCUT2D eigenvalue weighted by Crippen LogP contribution is -2.29. The van der Waals surface area contributed by atoms with E-state index >= 15 is 0 Å². The van der Waals surface area contributed by atoms with E-state index in [4.69, 9.17) is 9.47 Å². The molecule has 0 aliphatic heterocycles. The molecule has 0 saturated heterocycles. The van der Waals surface area contributed by atoms with Gasteiger partial charge in [0.05, 0.1) is 20.1 Å². The van der Waals surface area contributed by atoms with Gasteiger partial charge in [0.2, 0.25) is 0 Å². The first-order valence-electron chi connectivity index (χ1n) is 5.96. The molecule has 0 aromatic heterocycles. The number of carbonyl (C=O) groups is 1. The summed E-state index contributed by atoms with van der Waals surface area (Å²) in [6.45, 7) is 3.32. The van der Waals surface area contributed by atoms with E-state index in [1.807, 2.05) is 38.2 Å². The maximum atomic E-state index is 11.3. The summed E-state index contributed by atoms with van der Waals surface area (Å²) in [5.74, 6) is 0.556. The van der Waals surface area contributed by atoms with Crippen LogP contribution in [0.5, 0.6) is 5.75 Å². The summed E-state index contributed by atoms with van der Waals surface area (Å²) in [6.07, 6.45) is 0. The number of methoxy groups -OCH3 is 2. The number of hydrogen-bond donors (Lipinski definition) is 0. The Morgan fingerprint density at radius 2 is 2.11 bits per heavy atom. The molecule has 1 rings (SSSR count). The topological polar surface area (TPSA) is 38.8 Å². The highest BCUT2D eigenvalue weighted by atomic mass is 16.5. The van der Waals surface area contributed by atoms with E-state index in [0.29, 0.717) is 6.54 Å². The molecular weight excluding hydrogens is 230 g/mol. The van der Waals surface area contributed by atoms with Crippen molar-refractivity contribution in [2.75, 3.05) is 27.8 Å². The van der Waals surface area contributed by atoms with E-state index < -0.39 is 0 Å². The van der Waals surface area contributed by atoms with Crippen LogP contribution in [0.2, 0.25) is 0 Å². The molecule has 4 nitrogen and oxygen atoms in total. The van der Waals surface area contributed by atoms with Gasteiger partial charge in [-0.2, -0.15) is 0 Å². The van der Waals surface area contributed by atoms with E-state index in [1.165, 1.54) is 7.11 Å². The minimum absolute atomic E-state index is 0.120. The molecule has 0 radical (unpaired) electrons. The molecule has 0 saturated carbocycles. The number of nitrogens with zero attached hydrogens (tertiary/aromatic N) is 1. The second kappa shape index (κ2) is 7.01. The highest BCUT2D eigenvalue weighted by molar-refractivity contribution is 5.72. The monoisotopic (exact) mass is 251 g/mol. The van der Waals surface area contributed by atoms with Crippen molar-refractivity contribution in [1.82, 2.24) is 4.90 Å². The summed E-state index contributed by atoms with van der Waals surface area (Å²) >= 11 is 0. The summed E-state index contributed by atoms with van der Waals surface area (Å²) in [5, 5.41) is 0. The SMILES string of the molecule is COC(=O)C(C)CN(C)Cc1cccc(OC)c1. The van der Waals surface area contributed by atoms with Crippen molar-refractivity contribution in [3.63, 3.8) is 0 Å². The Bertz CT molecular complexity index is 392. The molecule has 1 aromatic rings. The largest absolute Gasteiger partial charge is 0.497 e. The quantitative estimate of drug-likeness (QED) is 0.724. The fourth-order valence-corrected chi connectivity index (χ4v) is 1.89. The Labute approximate surface area is 108 Å². The van der Waals surface area contributed by atoms with Crippen molar-refractivity contribution in [1.29, 1.82) is 0 Å². The number of esters is 1. The molecule has 4 heteroatoms. The predicted molar refractivity (Wildman–Crippen MR) is 70.5 cm³/mol. The van der Waals surface area contributed by atoms with Crippen LogP contribution in [-0.2, 0) is 16.1 Å². The standard InChI is InChI=1S/C14H21NO3/c1-11(14(16)18-4)9-15(2)10-12-6-5-7-13(8-12)17-3/h5-8,11H,9-10H2,1-4H3. The second-order valence-corrected chi connectivity index (χ2v) is 4.47. The predicted octanol–water partition coefficient (Wildman–Crippen LogP) is 1.94. The van der Waals surface area contributed by atoms with Crippen molar-refractivity contribution < 1.29 is 14.3 Å². The van der Waals surface area contributed by atoms with Crippen LogP contribution in [0.3, 0.4) is 0 Å². The smallest absolute Gasteiger partial charge is 0.309 e. The number of benzene rings is 1. The molecule has 0 aliphatic carbocycles. The first kappa shape index (κ1) is 14.5. The Morgan fingerprint density at radius 1 is 1.39 bits per heavy atom. The van der Waals surface area contributed by atoms with E-state index in [9.17, 15) is 4.79 Å². The molecule has 0 amide bonds. The third-order valence-electron chi connectivity index (χ3n) is 2.78. The van der Waals surface area contributed by atoms with Crippen molar-refractivity contribution in [2.45, 2.75) is 13.5 Å². The maximum Gasteiger partial charge on any atom is 0.309 e. The third kappa shape index (κ3) is 4.37. The Balaban J connectivity index is 2.53. The summed E-state index contributed by atoms with van der Waals surface area (Å²) in [6, 6.07) is 7.92. The zero-order chi connectivity index (χ0) is 13.5. The van der Waals surface area contributed by atoms with E-state index in [1.54, 1.807) is 7.11 Å². The van der Waals surface area contributed by atoms with Crippen LogP contribution in [0.1, 0.15) is 12.5 Å². The highest BCUT2D eigenvalue weighted by Crippen LogP contribution is 2.14. The molecule has 1 aromatic carbocycles. The lowest BCUT2D eigenvalue weighted by molar-refractivity contribution is -0.145. The molecule has 0 aliphatic rings. The molecule has 0 spiro atoms. The summed E-state index contributed by atoms with van der Waals surface area (Å²) in [4.78, 5) is 13.4. The average molecular weight is 251 g/mol. The van der Waals surface area contributed by atoms with Crippen LogP contribution in [0, 0.1) is 5.92 Å². The number of carbonyl (C=O) groups excluding carboxylic acids is 1. The summed E-state index contributed by atoms with van der Waals surface area (Å²) in [7, 11) is 5.06. The second-order valence-electron chi connectivity index (χ2n) is 4.47. The fraction of sp³-hybridized carbons (Fsp3) is 0.500. The van der Waals surface area contributed by atoms with Gasteiger partial charge in [-0.05, 0) is 24.7 Å². The van der Waals surface area contributed by atoms with Gasteiger partial charge in [-0.25, -0.2) is 0 Å². The molecule has 0 fully saturated rings. The van der Waals surface area contributed by atoms with Gasteiger partial charge in [0.1, 0.15) is 5.75 Å². The number of rotatable bonds is 6. The zero-order valence-electron chi connectivity index (χ0n) is 11.5. The highest BCUT2D eigenvalue weighted by Gasteiger charge is 2.15. The molecule has 0 heterocycles. The normalized spacial score (nSPS) is 12.3. The molecular formula is C14H21NO3. The zero-order valence-corrected chi connectivity index (χ0v) is 11.5. The fourth-order valence-electron chi connectivity index (χ4n) is 1.89. The van der Waals surface area contributed by atoms with Crippen molar-refractivity contribution in [3.8, 4) is 5.75 Å². The van der Waals surface area contributed by atoms with E-state index in [2.05, 4.69) is 4.90 Å². The first-order valence-corrected chi connectivity index (χ1v) is 5.96. The van der Waals surface area contributed by atoms with Gasteiger partial charge in [-0.3, -0.25) is 4.79 Å². The summed E-state index contributed by atoms with van der Waals surface area (Å²) in [5.41, 5.74) is 1.16. The third-order valence-corrected chi connectivity index (χ3v) is 2.78. The number of ether oxygens (including phenoxy) is 2. The van der Waals surface area contributed by atoms with Crippen LogP contribution in [0.25, 0.3) is 0 Å². The average Bonchev–Trinajstić information content (AvgIpc) is 2.37. The maximum absolute atomic E-state index is 11.3.